The maximum Gasteiger partial charge on any atom is 0.241 e. The van der Waals surface area contributed by atoms with Crippen molar-refractivity contribution >= 4 is 32.9 Å². The topological polar surface area (TPSA) is 20.3 Å². The number of aryl methyl sites for hydroxylation is 1. The number of nitrogens with zero attached hydrogens (tertiary/aromatic N) is 1. The number of anilines is 1. The van der Waals surface area contributed by atoms with Crippen molar-refractivity contribution in [1.29, 1.82) is 0 Å². The first-order valence-corrected chi connectivity index (χ1v) is 17.1. The van der Waals surface area contributed by atoms with Gasteiger partial charge in [0.25, 0.3) is 0 Å². The third-order valence-electron chi connectivity index (χ3n) is 5.70. The Hall–Kier alpha value is -1.66. The lowest BCUT2D eigenvalue weighted by molar-refractivity contribution is -0.121. The summed E-state index contributed by atoms with van der Waals surface area (Å²) in [6.07, 6.45) is 0. The lowest BCUT2D eigenvalue weighted by atomic mass is 9.75. The van der Waals surface area contributed by atoms with E-state index in [1.54, 1.807) is 0 Å². The van der Waals surface area contributed by atoms with Crippen LogP contribution in [0, 0.1) is 6.92 Å². The number of carbonyl (C=O) groups is 1. The summed E-state index contributed by atoms with van der Waals surface area (Å²) in [5.41, 5.74) is 4.27. The molecule has 3 rings (SSSR count). The van der Waals surface area contributed by atoms with Gasteiger partial charge in [0, 0.05) is 20.8 Å². The van der Waals surface area contributed by atoms with E-state index in [-0.39, 0.29) is 5.91 Å². The highest BCUT2D eigenvalue weighted by Gasteiger charge is 2.54. The Bertz CT molecular complexity index is 892. The van der Waals surface area contributed by atoms with E-state index in [9.17, 15) is 4.79 Å². The van der Waals surface area contributed by atoms with Gasteiger partial charge in [-0.05, 0) is 35.7 Å². The molecule has 0 saturated heterocycles. The molecule has 1 amide bonds. The van der Waals surface area contributed by atoms with Crippen LogP contribution in [0.3, 0.4) is 0 Å². The zero-order chi connectivity index (χ0) is 20.2. The maximum absolute atomic E-state index is 14.0. The Labute approximate surface area is 166 Å². The van der Waals surface area contributed by atoms with Crippen LogP contribution in [0.2, 0.25) is 45.3 Å². The van der Waals surface area contributed by atoms with Gasteiger partial charge in [0.15, 0.2) is 0 Å². The van der Waals surface area contributed by atoms with Gasteiger partial charge in [-0.2, -0.15) is 0 Å². The predicted octanol–water partition coefficient (Wildman–Crippen LogP) is 5.14. The second-order valence-electron chi connectivity index (χ2n) is 10.3. The number of fused-ring (bicyclic) bond motifs is 1. The standard InChI is InChI=1S/C23H33NOSi2/c1-17-12-11-14-19-21(17)23(16-26(3,4)5,22(25)24(19)2)18-13-9-10-15-20(18)27(6,7)8/h9-15H,16H2,1-8H3. The first kappa shape index (κ1) is 20.1. The summed E-state index contributed by atoms with van der Waals surface area (Å²) in [5, 5.41) is 1.42. The number of hydrogen-bond donors (Lipinski definition) is 0. The van der Waals surface area contributed by atoms with Gasteiger partial charge in [0.05, 0.1) is 13.5 Å². The molecule has 144 valence electrons. The van der Waals surface area contributed by atoms with Gasteiger partial charge in [-0.25, -0.2) is 0 Å². The highest BCUT2D eigenvalue weighted by atomic mass is 28.3. The van der Waals surface area contributed by atoms with Gasteiger partial charge in [0.1, 0.15) is 0 Å². The summed E-state index contributed by atoms with van der Waals surface area (Å²) in [5.74, 6) is 0.250. The summed E-state index contributed by atoms with van der Waals surface area (Å²) in [6.45, 7) is 16.5. The Morgan fingerprint density at radius 2 is 1.56 bits per heavy atom. The van der Waals surface area contributed by atoms with E-state index >= 15 is 0 Å². The Morgan fingerprint density at radius 3 is 2.15 bits per heavy atom. The van der Waals surface area contributed by atoms with Crippen LogP contribution >= 0.6 is 0 Å². The number of likely N-dealkylation sites (N-methyl/N-ethyl adjacent to an activating group) is 1. The van der Waals surface area contributed by atoms with Crippen molar-refractivity contribution in [1.82, 2.24) is 0 Å². The minimum atomic E-state index is -1.61. The summed E-state index contributed by atoms with van der Waals surface area (Å²) >= 11 is 0. The van der Waals surface area contributed by atoms with E-state index in [1.807, 2.05) is 11.9 Å². The Balaban J connectivity index is 2.45. The van der Waals surface area contributed by atoms with Gasteiger partial charge in [0.2, 0.25) is 5.91 Å². The predicted molar refractivity (Wildman–Crippen MR) is 123 cm³/mol. The summed E-state index contributed by atoms with van der Waals surface area (Å²) in [4.78, 5) is 15.9. The molecule has 2 nitrogen and oxygen atoms in total. The minimum absolute atomic E-state index is 0.250. The number of carbonyl (C=O) groups excluding carboxylic acids is 1. The molecule has 0 bridgehead atoms. The fraction of sp³-hybridized carbons (Fsp3) is 0.435. The van der Waals surface area contributed by atoms with Crippen molar-refractivity contribution < 1.29 is 4.79 Å². The van der Waals surface area contributed by atoms with Crippen LogP contribution in [0.5, 0.6) is 0 Å². The molecular weight excluding hydrogens is 362 g/mol. The average Bonchev–Trinajstić information content (AvgIpc) is 2.77. The molecule has 0 N–H and O–H groups in total. The van der Waals surface area contributed by atoms with Crippen molar-refractivity contribution in [3.8, 4) is 0 Å². The van der Waals surface area contributed by atoms with Gasteiger partial charge >= 0.3 is 0 Å². The van der Waals surface area contributed by atoms with E-state index in [4.69, 9.17) is 0 Å². The molecule has 0 aliphatic carbocycles. The van der Waals surface area contributed by atoms with Crippen molar-refractivity contribution in [2.24, 2.45) is 0 Å². The molecule has 1 aliphatic heterocycles. The van der Waals surface area contributed by atoms with Crippen LogP contribution in [-0.4, -0.2) is 29.1 Å². The summed E-state index contributed by atoms with van der Waals surface area (Å²) < 4.78 is 0. The number of hydrogen-bond acceptors (Lipinski definition) is 1. The quantitative estimate of drug-likeness (QED) is 0.656. The van der Waals surface area contributed by atoms with E-state index in [0.717, 1.165) is 11.7 Å². The molecule has 2 aromatic rings. The number of rotatable bonds is 4. The van der Waals surface area contributed by atoms with Crippen LogP contribution in [0.25, 0.3) is 0 Å². The molecule has 27 heavy (non-hydrogen) atoms. The van der Waals surface area contributed by atoms with E-state index < -0.39 is 21.6 Å². The molecule has 1 atom stereocenters. The van der Waals surface area contributed by atoms with E-state index in [0.29, 0.717) is 0 Å². The normalized spacial score (nSPS) is 20.1. The van der Waals surface area contributed by atoms with Gasteiger partial charge in [-0.1, -0.05) is 80.9 Å². The summed E-state index contributed by atoms with van der Waals surface area (Å²) in [7, 11) is -1.22. The third-order valence-corrected chi connectivity index (χ3v) is 9.34. The first-order valence-electron chi connectivity index (χ1n) is 9.88. The lowest BCUT2D eigenvalue weighted by Gasteiger charge is -2.38. The zero-order valence-corrected chi connectivity index (χ0v) is 20.1. The fourth-order valence-electron chi connectivity index (χ4n) is 4.80. The Kier molecular flexibility index (Phi) is 4.80. The molecule has 0 saturated carbocycles. The number of amides is 1. The monoisotopic (exact) mass is 395 g/mol. The highest BCUT2D eigenvalue weighted by Crippen LogP contribution is 2.51. The zero-order valence-electron chi connectivity index (χ0n) is 18.1. The van der Waals surface area contributed by atoms with Gasteiger partial charge in [-0.3, -0.25) is 4.79 Å². The number of benzene rings is 2. The molecule has 0 aromatic heterocycles. The van der Waals surface area contributed by atoms with Gasteiger partial charge in [-0.15, -0.1) is 0 Å². The largest absolute Gasteiger partial charge is 0.314 e. The van der Waals surface area contributed by atoms with Crippen molar-refractivity contribution in [3.63, 3.8) is 0 Å². The minimum Gasteiger partial charge on any atom is -0.314 e. The summed E-state index contributed by atoms with van der Waals surface area (Å²) in [6, 6.07) is 16.1. The third kappa shape index (κ3) is 3.23. The maximum atomic E-state index is 14.0. The van der Waals surface area contributed by atoms with Crippen LogP contribution < -0.4 is 10.1 Å². The van der Waals surface area contributed by atoms with Crippen LogP contribution in [0.4, 0.5) is 5.69 Å². The Morgan fingerprint density at radius 1 is 0.926 bits per heavy atom. The fourth-order valence-corrected chi connectivity index (χ4v) is 8.61. The molecule has 0 spiro atoms. The van der Waals surface area contributed by atoms with Crippen LogP contribution in [0.1, 0.15) is 16.7 Å². The molecule has 1 unspecified atom stereocenters. The van der Waals surface area contributed by atoms with Crippen LogP contribution in [-0.2, 0) is 10.2 Å². The van der Waals surface area contributed by atoms with Crippen molar-refractivity contribution in [2.75, 3.05) is 11.9 Å². The van der Waals surface area contributed by atoms with Crippen LogP contribution in [0.15, 0.2) is 42.5 Å². The molecule has 4 heteroatoms. The molecule has 1 aliphatic rings. The second-order valence-corrected chi connectivity index (χ2v) is 20.8. The SMILES string of the molecule is Cc1cccc2c1C(C[Si](C)(C)C)(c1ccccc1[Si](C)(C)C)C(=O)N2C. The molecule has 2 aromatic carbocycles. The first-order chi connectivity index (χ1) is 12.4. The van der Waals surface area contributed by atoms with E-state index in [1.165, 1.54) is 21.9 Å². The smallest absolute Gasteiger partial charge is 0.241 e. The average molecular weight is 396 g/mol. The van der Waals surface area contributed by atoms with E-state index in [2.05, 4.69) is 88.7 Å². The lowest BCUT2D eigenvalue weighted by Crippen LogP contribution is -2.51. The molecular formula is C23H33NOSi2. The van der Waals surface area contributed by atoms with Gasteiger partial charge < -0.3 is 4.90 Å². The highest BCUT2D eigenvalue weighted by molar-refractivity contribution is 6.89. The van der Waals surface area contributed by atoms with Crippen molar-refractivity contribution in [2.45, 2.75) is 57.7 Å². The molecule has 0 fully saturated rings. The second kappa shape index (κ2) is 6.45. The molecule has 0 radical (unpaired) electrons. The molecule has 1 heterocycles. The van der Waals surface area contributed by atoms with Crippen molar-refractivity contribution in [3.05, 3.63) is 59.2 Å².